The molecule has 0 atom stereocenters. The minimum Gasteiger partial charge on any atom is -0.266 e. The molecule has 3 aromatic rings. The lowest BCUT2D eigenvalue weighted by molar-refractivity contribution is -0.384. The Labute approximate surface area is 171 Å². The standard InChI is InChI=1S/C23H16FN3O3/c1-15-3-2-4-17(13-15)22-25-21(14-16-5-9-20(10-6-16)27(29)30)23(28)26(22)19-11-7-18(24)8-12-19/h2-14H,1H3/b21-14+. The second-order valence-electron chi connectivity index (χ2n) is 6.80. The third kappa shape index (κ3) is 3.73. The number of halogens is 1. The van der Waals surface area contributed by atoms with Gasteiger partial charge in [0.2, 0.25) is 0 Å². The second-order valence-corrected chi connectivity index (χ2v) is 6.80. The molecule has 0 spiro atoms. The summed E-state index contributed by atoms with van der Waals surface area (Å²) >= 11 is 0. The van der Waals surface area contributed by atoms with Crippen LogP contribution in [-0.2, 0) is 4.79 Å². The number of nitro groups is 1. The van der Waals surface area contributed by atoms with Gasteiger partial charge in [-0.25, -0.2) is 9.38 Å². The molecule has 0 unspecified atom stereocenters. The van der Waals surface area contributed by atoms with Crippen LogP contribution in [0.4, 0.5) is 15.8 Å². The highest BCUT2D eigenvalue weighted by Gasteiger charge is 2.32. The highest BCUT2D eigenvalue weighted by Crippen LogP contribution is 2.28. The first-order chi connectivity index (χ1) is 14.4. The number of anilines is 1. The molecule has 148 valence electrons. The molecule has 6 nitrogen and oxygen atoms in total. The van der Waals surface area contributed by atoms with Crippen LogP contribution in [0.15, 0.2) is 83.5 Å². The van der Waals surface area contributed by atoms with Crippen molar-refractivity contribution in [3.8, 4) is 0 Å². The maximum atomic E-state index is 13.4. The number of hydrogen-bond donors (Lipinski definition) is 0. The monoisotopic (exact) mass is 401 g/mol. The molecular weight excluding hydrogens is 385 g/mol. The molecule has 0 aromatic heterocycles. The quantitative estimate of drug-likeness (QED) is 0.355. The van der Waals surface area contributed by atoms with Crippen LogP contribution in [0.25, 0.3) is 6.08 Å². The van der Waals surface area contributed by atoms with Gasteiger partial charge in [-0.05, 0) is 61.0 Å². The van der Waals surface area contributed by atoms with E-state index in [4.69, 9.17) is 0 Å². The lowest BCUT2D eigenvalue weighted by Crippen LogP contribution is -2.32. The second kappa shape index (κ2) is 7.71. The van der Waals surface area contributed by atoms with Gasteiger partial charge in [0.25, 0.3) is 11.6 Å². The molecular formula is C23H16FN3O3. The van der Waals surface area contributed by atoms with Crippen molar-refractivity contribution in [1.82, 2.24) is 0 Å². The lowest BCUT2D eigenvalue weighted by atomic mass is 10.1. The van der Waals surface area contributed by atoms with E-state index in [2.05, 4.69) is 4.99 Å². The Hall–Kier alpha value is -4.13. The van der Waals surface area contributed by atoms with E-state index in [-0.39, 0.29) is 17.3 Å². The predicted octanol–water partition coefficient (Wildman–Crippen LogP) is 4.88. The third-order valence-corrected chi connectivity index (χ3v) is 4.63. The smallest absolute Gasteiger partial charge is 0.266 e. The summed E-state index contributed by atoms with van der Waals surface area (Å²) in [5.74, 6) is -0.332. The number of non-ortho nitro benzene ring substituents is 1. The number of nitrogens with zero attached hydrogens (tertiary/aromatic N) is 3. The maximum absolute atomic E-state index is 13.4. The van der Waals surface area contributed by atoms with Crippen LogP contribution in [0.5, 0.6) is 0 Å². The fourth-order valence-electron chi connectivity index (χ4n) is 3.17. The van der Waals surface area contributed by atoms with Gasteiger partial charge in [0.1, 0.15) is 17.3 Å². The molecule has 0 N–H and O–H groups in total. The molecule has 0 saturated carbocycles. The summed E-state index contributed by atoms with van der Waals surface area (Å²) in [4.78, 5) is 29.5. The Kier molecular flexibility index (Phi) is 4.93. The minimum absolute atomic E-state index is 0.0354. The first kappa shape index (κ1) is 19.2. The van der Waals surface area contributed by atoms with Crippen molar-refractivity contribution in [2.45, 2.75) is 6.92 Å². The minimum atomic E-state index is -0.484. The number of amidine groups is 1. The average Bonchev–Trinajstić information content (AvgIpc) is 3.05. The molecule has 0 bridgehead atoms. The van der Waals surface area contributed by atoms with Gasteiger partial charge in [-0.3, -0.25) is 19.8 Å². The van der Waals surface area contributed by atoms with E-state index in [0.29, 0.717) is 17.1 Å². The zero-order valence-corrected chi connectivity index (χ0v) is 15.9. The average molecular weight is 401 g/mol. The molecule has 0 fully saturated rings. The highest BCUT2D eigenvalue weighted by molar-refractivity contribution is 6.33. The van der Waals surface area contributed by atoms with Crippen LogP contribution < -0.4 is 4.90 Å². The number of aryl methyl sites for hydroxylation is 1. The summed E-state index contributed by atoms with van der Waals surface area (Å²) in [7, 11) is 0. The summed E-state index contributed by atoms with van der Waals surface area (Å²) in [6.07, 6.45) is 1.57. The van der Waals surface area contributed by atoms with Crippen LogP contribution in [-0.4, -0.2) is 16.7 Å². The van der Waals surface area contributed by atoms with Gasteiger partial charge in [0.15, 0.2) is 0 Å². The summed E-state index contributed by atoms with van der Waals surface area (Å²) in [5.41, 5.74) is 3.01. The molecule has 30 heavy (non-hydrogen) atoms. The Bertz CT molecular complexity index is 1200. The van der Waals surface area contributed by atoms with Crippen molar-refractivity contribution in [1.29, 1.82) is 0 Å². The van der Waals surface area contributed by atoms with E-state index >= 15 is 0 Å². The molecule has 1 aliphatic rings. The molecule has 1 heterocycles. The van der Waals surface area contributed by atoms with E-state index in [0.717, 1.165) is 11.1 Å². The molecule has 1 aliphatic heterocycles. The third-order valence-electron chi connectivity index (χ3n) is 4.63. The molecule has 0 saturated heterocycles. The molecule has 0 radical (unpaired) electrons. The zero-order chi connectivity index (χ0) is 21.3. The van der Waals surface area contributed by atoms with Crippen molar-refractivity contribution >= 4 is 29.2 Å². The number of benzene rings is 3. The van der Waals surface area contributed by atoms with Crippen LogP contribution in [0.1, 0.15) is 16.7 Å². The first-order valence-electron chi connectivity index (χ1n) is 9.14. The molecule has 0 aliphatic carbocycles. The van der Waals surface area contributed by atoms with E-state index in [1.54, 1.807) is 18.2 Å². The molecule has 4 rings (SSSR count). The largest absolute Gasteiger partial charge is 0.282 e. The van der Waals surface area contributed by atoms with Crippen LogP contribution in [0, 0.1) is 22.9 Å². The molecule has 3 aromatic carbocycles. The normalized spacial score (nSPS) is 14.9. The summed E-state index contributed by atoms with van der Waals surface area (Å²) in [6.45, 7) is 1.94. The van der Waals surface area contributed by atoms with Crippen molar-refractivity contribution in [2.75, 3.05) is 4.90 Å². The fourth-order valence-corrected chi connectivity index (χ4v) is 3.17. The number of carbonyl (C=O) groups excluding carboxylic acids is 1. The Morgan fingerprint density at radius 1 is 1.03 bits per heavy atom. The number of carbonyl (C=O) groups is 1. The molecule has 1 amide bonds. The van der Waals surface area contributed by atoms with Crippen molar-refractivity contribution in [2.24, 2.45) is 4.99 Å². The van der Waals surface area contributed by atoms with E-state index in [9.17, 15) is 19.3 Å². The summed E-state index contributed by atoms with van der Waals surface area (Å²) in [5, 5.41) is 10.8. The predicted molar refractivity (Wildman–Crippen MR) is 113 cm³/mol. The summed E-state index contributed by atoms with van der Waals surface area (Å²) < 4.78 is 13.4. The number of aliphatic imine (C=N–C) groups is 1. The SMILES string of the molecule is Cc1cccc(C2=N/C(=C/c3ccc([N+](=O)[O-])cc3)C(=O)N2c2ccc(F)cc2)c1. The van der Waals surface area contributed by atoms with Crippen LogP contribution in [0.2, 0.25) is 0 Å². The van der Waals surface area contributed by atoms with E-state index in [1.165, 1.54) is 41.3 Å². The van der Waals surface area contributed by atoms with E-state index < -0.39 is 10.7 Å². The first-order valence-corrected chi connectivity index (χ1v) is 9.14. The van der Waals surface area contributed by atoms with Crippen LogP contribution >= 0.6 is 0 Å². The highest BCUT2D eigenvalue weighted by atomic mass is 19.1. The topological polar surface area (TPSA) is 75.8 Å². The van der Waals surface area contributed by atoms with Gasteiger partial charge >= 0.3 is 0 Å². The lowest BCUT2D eigenvalue weighted by Gasteiger charge is -2.18. The van der Waals surface area contributed by atoms with Gasteiger partial charge in [-0.15, -0.1) is 0 Å². The van der Waals surface area contributed by atoms with Crippen LogP contribution in [0.3, 0.4) is 0 Å². The van der Waals surface area contributed by atoms with Crippen molar-refractivity contribution in [3.05, 3.63) is 111 Å². The fraction of sp³-hybridized carbons (Fsp3) is 0.0435. The maximum Gasteiger partial charge on any atom is 0.282 e. The summed E-state index contributed by atoms with van der Waals surface area (Å²) in [6, 6.07) is 19.0. The van der Waals surface area contributed by atoms with Gasteiger partial charge < -0.3 is 0 Å². The van der Waals surface area contributed by atoms with Gasteiger partial charge in [-0.2, -0.15) is 0 Å². The van der Waals surface area contributed by atoms with Crippen molar-refractivity contribution < 1.29 is 14.1 Å². The Morgan fingerprint density at radius 3 is 2.37 bits per heavy atom. The Balaban J connectivity index is 1.79. The van der Waals surface area contributed by atoms with E-state index in [1.807, 2.05) is 31.2 Å². The number of rotatable bonds is 4. The number of hydrogen-bond acceptors (Lipinski definition) is 4. The van der Waals surface area contributed by atoms with Gasteiger partial charge in [0.05, 0.1) is 10.6 Å². The van der Waals surface area contributed by atoms with Gasteiger partial charge in [-0.1, -0.05) is 23.8 Å². The van der Waals surface area contributed by atoms with Gasteiger partial charge in [0, 0.05) is 17.7 Å². The number of nitro benzene ring substituents is 1. The number of amides is 1. The Morgan fingerprint density at radius 2 is 1.73 bits per heavy atom. The zero-order valence-electron chi connectivity index (χ0n) is 15.9. The van der Waals surface area contributed by atoms with Crippen molar-refractivity contribution in [3.63, 3.8) is 0 Å². The molecule has 7 heteroatoms.